The molecule has 0 fully saturated rings. The van der Waals surface area contributed by atoms with Crippen LogP contribution in [0.2, 0.25) is 0 Å². The average Bonchev–Trinajstić information content (AvgIpc) is 3.43. The summed E-state index contributed by atoms with van der Waals surface area (Å²) in [6.07, 6.45) is 9.31. The molecule has 3 heteroatoms. The lowest BCUT2D eigenvalue weighted by Gasteiger charge is -2.32. The maximum absolute atomic E-state index is 4.98. The third-order valence-corrected chi connectivity index (χ3v) is 8.84. The number of hydrogen-bond acceptors (Lipinski definition) is 2. The van der Waals surface area contributed by atoms with Crippen molar-refractivity contribution in [2.24, 2.45) is 0 Å². The SMILES string of the molecule is CCCC(C)(CC)c1cc(C)c(-c2ccccn2)c2c3cc(-c4c(C)cccc4C)ccc3n3ccnc3c12. The Morgan fingerprint density at radius 1 is 0.769 bits per heavy atom. The fraction of sp³-hybridized carbons (Fsp3) is 0.278. The van der Waals surface area contributed by atoms with Gasteiger partial charge in [-0.25, -0.2) is 4.98 Å². The number of rotatable bonds is 6. The fourth-order valence-corrected chi connectivity index (χ4v) is 6.74. The molecule has 3 aromatic heterocycles. The zero-order valence-electron chi connectivity index (χ0n) is 24.0. The summed E-state index contributed by atoms with van der Waals surface area (Å²) in [6, 6.07) is 22.2. The van der Waals surface area contributed by atoms with Crippen molar-refractivity contribution in [3.63, 3.8) is 0 Å². The summed E-state index contributed by atoms with van der Waals surface area (Å²) < 4.78 is 2.29. The number of hydrogen-bond donors (Lipinski definition) is 0. The van der Waals surface area contributed by atoms with Gasteiger partial charge in [0, 0.05) is 40.3 Å². The van der Waals surface area contributed by atoms with Gasteiger partial charge in [-0.3, -0.25) is 9.38 Å². The maximum atomic E-state index is 4.98. The molecule has 3 heterocycles. The summed E-state index contributed by atoms with van der Waals surface area (Å²) in [6.45, 7) is 13.7. The smallest absolute Gasteiger partial charge is 0.145 e. The van der Waals surface area contributed by atoms with Crippen molar-refractivity contribution in [2.75, 3.05) is 0 Å². The van der Waals surface area contributed by atoms with Crippen LogP contribution in [0.1, 0.15) is 62.3 Å². The first-order valence-corrected chi connectivity index (χ1v) is 14.2. The van der Waals surface area contributed by atoms with Gasteiger partial charge in [0.2, 0.25) is 0 Å². The monoisotopic (exact) mass is 511 g/mol. The van der Waals surface area contributed by atoms with Gasteiger partial charge in [-0.1, -0.05) is 63.6 Å². The lowest BCUT2D eigenvalue weighted by atomic mass is 9.73. The summed E-state index contributed by atoms with van der Waals surface area (Å²) >= 11 is 0. The van der Waals surface area contributed by atoms with Crippen LogP contribution in [0.4, 0.5) is 0 Å². The Morgan fingerprint density at radius 3 is 2.26 bits per heavy atom. The molecule has 1 atom stereocenters. The standard InChI is InChI=1S/C36H37N3/c1-7-17-36(6,8-2)28-21-25(5)32(29-14-9-10-18-37-29)33-27-22-26(31-23(3)12-11-13-24(31)4)15-16-30(27)39-20-19-38-35(39)34(28)33/h9-16,18-22H,7-8,17H2,1-6H3. The molecular formula is C36H37N3. The van der Waals surface area contributed by atoms with Gasteiger partial charge in [0.1, 0.15) is 5.65 Å². The Kier molecular flexibility index (Phi) is 6.26. The molecule has 0 saturated heterocycles. The quantitative estimate of drug-likeness (QED) is 0.208. The summed E-state index contributed by atoms with van der Waals surface area (Å²) in [5.74, 6) is 0. The molecule has 0 spiro atoms. The number of pyridine rings is 2. The highest BCUT2D eigenvalue weighted by Crippen LogP contribution is 2.46. The summed E-state index contributed by atoms with van der Waals surface area (Å²) in [5, 5.41) is 3.77. The molecule has 3 nitrogen and oxygen atoms in total. The van der Waals surface area contributed by atoms with Gasteiger partial charge in [-0.15, -0.1) is 0 Å². The predicted octanol–water partition coefficient (Wildman–Crippen LogP) is 9.76. The van der Waals surface area contributed by atoms with Crippen LogP contribution in [-0.4, -0.2) is 14.4 Å². The van der Waals surface area contributed by atoms with Crippen LogP contribution in [0.25, 0.3) is 49.7 Å². The number of aryl methyl sites for hydroxylation is 3. The molecule has 39 heavy (non-hydrogen) atoms. The third kappa shape index (κ3) is 3.95. The van der Waals surface area contributed by atoms with Crippen molar-refractivity contribution in [3.05, 3.63) is 102 Å². The molecule has 3 aromatic carbocycles. The van der Waals surface area contributed by atoms with E-state index in [0.717, 1.165) is 30.6 Å². The first kappa shape index (κ1) is 25.3. The third-order valence-electron chi connectivity index (χ3n) is 8.84. The second-order valence-corrected chi connectivity index (χ2v) is 11.4. The highest BCUT2D eigenvalue weighted by Gasteiger charge is 2.30. The first-order valence-electron chi connectivity index (χ1n) is 14.2. The zero-order valence-corrected chi connectivity index (χ0v) is 24.0. The van der Waals surface area contributed by atoms with Crippen LogP contribution < -0.4 is 0 Å². The highest BCUT2D eigenvalue weighted by molar-refractivity contribution is 6.20. The van der Waals surface area contributed by atoms with Crippen molar-refractivity contribution >= 4 is 27.3 Å². The Morgan fingerprint density at radius 2 is 1.56 bits per heavy atom. The van der Waals surface area contributed by atoms with Crippen LogP contribution in [0.15, 0.2) is 79.3 Å². The minimum atomic E-state index is 0.0464. The first-order chi connectivity index (χ1) is 18.9. The number of benzene rings is 3. The van der Waals surface area contributed by atoms with E-state index in [1.807, 2.05) is 18.5 Å². The van der Waals surface area contributed by atoms with E-state index in [9.17, 15) is 0 Å². The molecular weight excluding hydrogens is 474 g/mol. The van der Waals surface area contributed by atoms with Gasteiger partial charge < -0.3 is 0 Å². The van der Waals surface area contributed by atoms with Gasteiger partial charge in [0.15, 0.2) is 0 Å². The average molecular weight is 512 g/mol. The van der Waals surface area contributed by atoms with E-state index < -0.39 is 0 Å². The molecule has 0 aliphatic carbocycles. The number of nitrogens with zero attached hydrogens (tertiary/aromatic N) is 3. The molecule has 0 saturated carbocycles. The predicted molar refractivity (Wildman–Crippen MR) is 166 cm³/mol. The number of fused-ring (bicyclic) bond motifs is 6. The molecule has 0 amide bonds. The fourth-order valence-electron chi connectivity index (χ4n) is 6.74. The summed E-state index contributed by atoms with van der Waals surface area (Å²) in [7, 11) is 0. The lowest BCUT2D eigenvalue weighted by molar-refractivity contribution is 0.417. The second kappa shape index (κ2) is 9.64. The molecule has 196 valence electrons. The van der Waals surface area contributed by atoms with Crippen LogP contribution in [0.5, 0.6) is 0 Å². The van der Waals surface area contributed by atoms with Gasteiger partial charge in [-0.05, 0) is 96.7 Å². The Balaban J connectivity index is 1.87. The molecule has 6 rings (SSSR count). The van der Waals surface area contributed by atoms with E-state index in [1.54, 1.807) is 0 Å². The van der Waals surface area contributed by atoms with Crippen molar-refractivity contribution in [1.29, 1.82) is 0 Å². The van der Waals surface area contributed by atoms with Crippen molar-refractivity contribution < 1.29 is 0 Å². The van der Waals surface area contributed by atoms with Crippen LogP contribution >= 0.6 is 0 Å². The Bertz CT molecular complexity index is 1820. The van der Waals surface area contributed by atoms with Gasteiger partial charge >= 0.3 is 0 Å². The Labute approximate surface area is 231 Å². The molecule has 1 unspecified atom stereocenters. The van der Waals surface area contributed by atoms with Gasteiger partial charge in [0.05, 0.1) is 11.2 Å². The van der Waals surface area contributed by atoms with Crippen LogP contribution in [0.3, 0.4) is 0 Å². The molecule has 0 aliphatic heterocycles. The van der Waals surface area contributed by atoms with E-state index in [1.165, 1.54) is 60.6 Å². The van der Waals surface area contributed by atoms with Crippen molar-refractivity contribution in [1.82, 2.24) is 14.4 Å². The molecule has 0 aliphatic rings. The van der Waals surface area contributed by atoms with E-state index in [-0.39, 0.29) is 5.41 Å². The van der Waals surface area contributed by atoms with Crippen LogP contribution in [-0.2, 0) is 5.41 Å². The van der Waals surface area contributed by atoms with E-state index in [0.29, 0.717) is 0 Å². The normalized spacial score (nSPS) is 13.4. The lowest BCUT2D eigenvalue weighted by Crippen LogP contribution is -2.22. The largest absolute Gasteiger partial charge is 0.299 e. The zero-order chi connectivity index (χ0) is 27.3. The second-order valence-electron chi connectivity index (χ2n) is 11.4. The summed E-state index contributed by atoms with van der Waals surface area (Å²) in [5.41, 5.74) is 12.3. The van der Waals surface area contributed by atoms with Gasteiger partial charge in [0.25, 0.3) is 0 Å². The number of aromatic nitrogens is 3. The minimum Gasteiger partial charge on any atom is -0.299 e. The topological polar surface area (TPSA) is 30.2 Å². The molecule has 6 aromatic rings. The molecule has 0 radical (unpaired) electrons. The van der Waals surface area contributed by atoms with Crippen LogP contribution in [0, 0.1) is 20.8 Å². The van der Waals surface area contributed by atoms with Crippen molar-refractivity contribution in [3.8, 4) is 22.4 Å². The number of imidazole rings is 1. The maximum Gasteiger partial charge on any atom is 0.145 e. The molecule has 0 bridgehead atoms. The van der Waals surface area contributed by atoms with E-state index >= 15 is 0 Å². The van der Waals surface area contributed by atoms with Gasteiger partial charge in [-0.2, -0.15) is 0 Å². The van der Waals surface area contributed by atoms with E-state index in [4.69, 9.17) is 9.97 Å². The minimum absolute atomic E-state index is 0.0464. The van der Waals surface area contributed by atoms with Crippen molar-refractivity contribution in [2.45, 2.75) is 66.2 Å². The summed E-state index contributed by atoms with van der Waals surface area (Å²) in [4.78, 5) is 9.85. The van der Waals surface area contributed by atoms with E-state index in [2.05, 4.69) is 107 Å². The highest BCUT2D eigenvalue weighted by atomic mass is 15.0. The molecule has 0 N–H and O–H groups in total. The Hall–Kier alpha value is -3.98.